The monoisotopic (exact) mass is 262 g/mol. The molecule has 0 radical (unpaired) electrons. The topological polar surface area (TPSA) is 66.6 Å². The molecule has 2 unspecified atom stereocenters. The lowest BCUT2D eigenvalue weighted by atomic mass is 9.92. The van der Waals surface area contributed by atoms with Crippen molar-refractivity contribution < 1.29 is 9.90 Å². The molecule has 4 nitrogen and oxygen atoms in total. The Kier molecular flexibility index (Phi) is 4.10. The fourth-order valence-corrected chi connectivity index (χ4v) is 2.63. The number of carbonyl (C=O) groups excluding carboxylic acids is 1. The maximum atomic E-state index is 12.6. The van der Waals surface area contributed by atoms with Gasteiger partial charge >= 0.3 is 0 Å². The number of nitrogens with zero attached hydrogens (tertiary/aromatic N) is 1. The van der Waals surface area contributed by atoms with Gasteiger partial charge in [0.05, 0.1) is 5.56 Å². The highest BCUT2D eigenvalue weighted by atomic mass is 16.3. The van der Waals surface area contributed by atoms with Crippen LogP contribution in [0.4, 0.5) is 0 Å². The second-order valence-electron chi connectivity index (χ2n) is 5.51. The van der Waals surface area contributed by atoms with Gasteiger partial charge in [0.15, 0.2) is 0 Å². The highest BCUT2D eigenvalue weighted by molar-refractivity contribution is 5.97. The fourth-order valence-electron chi connectivity index (χ4n) is 2.63. The Morgan fingerprint density at radius 3 is 2.89 bits per heavy atom. The summed E-state index contributed by atoms with van der Waals surface area (Å²) in [4.78, 5) is 14.4. The molecule has 0 bridgehead atoms. The quantitative estimate of drug-likeness (QED) is 0.855. The number of carbonyl (C=O) groups is 1. The van der Waals surface area contributed by atoms with Crippen LogP contribution >= 0.6 is 0 Å². The minimum atomic E-state index is -0.0909. The molecule has 1 saturated heterocycles. The first-order valence-electron chi connectivity index (χ1n) is 6.83. The van der Waals surface area contributed by atoms with Crippen LogP contribution in [0.2, 0.25) is 0 Å². The fraction of sp³-hybridized carbons (Fsp3) is 0.533. The molecule has 1 heterocycles. The number of aryl methyl sites for hydroxylation is 1. The smallest absolute Gasteiger partial charge is 0.257 e. The van der Waals surface area contributed by atoms with Crippen molar-refractivity contribution >= 4 is 5.91 Å². The van der Waals surface area contributed by atoms with Crippen LogP contribution < -0.4 is 5.73 Å². The van der Waals surface area contributed by atoms with Gasteiger partial charge in [-0.1, -0.05) is 11.6 Å². The number of hydrogen-bond donors (Lipinski definition) is 2. The van der Waals surface area contributed by atoms with Crippen LogP contribution in [0.5, 0.6) is 5.75 Å². The van der Waals surface area contributed by atoms with E-state index in [4.69, 9.17) is 5.73 Å². The van der Waals surface area contributed by atoms with Crippen molar-refractivity contribution in [1.29, 1.82) is 0 Å². The van der Waals surface area contributed by atoms with E-state index in [1.54, 1.807) is 18.2 Å². The summed E-state index contributed by atoms with van der Waals surface area (Å²) in [5.74, 6) is 0.330. The van der Waals surface area contributed by atoms with Gasteiger partial charge in [0.2, 0.25) is 0 Å². The average molecular weight is 262 g/mol. The Bertz CT molecular complexity index is 473. The van der Waals surface area contributed by atoms with E-state index in [1.165, 1.54) is 0 Å². The zero-order valence-electron chi connectivity index (χ0n) is 11.6. The first-order valence-corrected chi connectivity index (χ1v) is 6.83. The molecule has 0 aromatic heterocycles. The number of likely N-dealkylation sites (tertiary alicyclic amines) is 1. The van der Waals surface area contributed by atoms with Gasteiger partial charge in [0.25, 0.3) is 5.91 Å². The van der Waals surface area contributed by atoms with Crippen LogP contribution in [0.15, 0.2) is 18.2 Å². The van der Waals surface area contributed by atoms with Gasteiger partial charge in [-0.2, -0.15) is 0 Å². The van der Waals surface area contributed by atoms with E-state index in [0.29, 0.717) is 24.6 Å². The highest BCUT2D eigenvalue weighted by Crippen LogP contribution is 2.26. The molecule has 2 atom stereocenters. The lowest BCUT2D eigenvalue weighted by Gasteiger charge is -2.37. The number of amides is 1. The summed E-state index contributed by atoms with van der Waals surface area (Å²) in [6, 6.07) is 5.33. The summed E-state index contributed by atoms with van der Waals surface area (Å²) < 4.78 is 0. The Hall–Kier alpha value is -1.55. The van der Waals surface area contributed by atoms with Crippen LogP contribution in [-0.2, 0) is 0 Å². The molecule has 2 rings (SSSR count). The molecule has 0 spiro atoms. The summed E-state index contributed by atoms with van der Waals surface area (Å²) in [7, 11) is 0. The predicted octanol–water partition coefficient (Wildman–Crippen LogP) is 1.90. The van der Waals surface area contributed by atoms with E-state index in [9.17, 15) is 9.90 Å². The van der Waals surface area contributed by atoms with Crippen LogP contribution in [0.1, 0.15) is 35.7 Å². The number of phenols is 1. The van der Waals surface area contributed by atoms with Crippen molar-refractivity contribution in [3.05, 3.63) is 29.3 Å². The van der Waals surface area contributed by atoms with Crippen molar-refractivity contribution in [1.82, 2.24) is 4.90 Å². The number of piperidine rings is 1. The Balaban J connectivity index is 2.24. The summed E-state index contributed by atoms with van der Waals surface area (Å²) in [6.45, 7) is 5.26. The summed E-state index contributed by atoms with van der Waals surface area (Å²) >= 11 is 0. The summed E-state index contributed by atoms with van der Waals surface area (Å²) in [6.07, 6.45) is 2.04. The molecule has 1 aromatic rings. The van der Waals surface area contributed by atoms with Gasteiger partial charge in [0, 0.05) is 12.6 Å². The number of benzene rings is 1. The van der Waals surface area contributed by atoms with E-state index >= 15 is 0 Å². The minimum Gasteiger partial charge on any atom is -0.507 e. The third-order valence-electron chi connectivity index (χ3n) is 3.96. The number of nitrogens with two attached hydrogens (primary N) is 1. The lowest BCUT2D eigenvalue weighted by molar-refractivity contribution is 0.0564. The third kappa shape index (κ3) is 2.89. The Morgan fingerprint density at radius 1 is 1.47 bits per heavy atom. The largest absolute Gasteiger partial charge is 0.507 e. The number of hydrogen-bond acceptors (Lipinski definition) is 3. The molecule has 19 heavy (non-hydrogen) atoms. The van der Waals surface area contributed by atoms with E-state index in [-0.39, 0.29) is 17.7 Å². The third-order valence-corrected chi connectivity index (χ3v) is 3.96. The average Bonchev–Trinajstić information content (AvgIpc) is 2.41. The standard InChI is InChI=1S/C15H22N2O2/c1-10-3-6-14(18)13(7-10)15(19)17-9-12(8-16)5-4-11(17)2/h3,6-7,11-12,18H,4-5,8-9,16H2,1-2H3. The molecule has 1 aliphatic rings. The molecule has 4 heteroatoms. The molecule has 3 N–H and O–H groups in total. The second kappa shape index (κ2) is 5.61. The zero-order valence-corrected chi connectivity index (χ0v) is 11.6. The van der Waals surface area contributed by atoms with Crippen LogP contribution in [0.3, 0.4) is 0 Å². The van der Waals surface area contributed by atoms with Crippen molar-refractivity contribution in [3.63, 3.8) is 0 Å². The van der Waals surface area contributed by atoms with Crippen molar-refractivity contribution in [2.24, 2.45) is 11.7 Å². The van der Waals surface area contributed by atoms with Crippen molar-refractivity contribution in [2.75, 3.05) is 13.1 Å². The highest BCUT2D eigenvalue weighted by Gasteiger charge is 2.30. The minimum absolute atomic E-state index is 0.0534. The molecule has 1 aliphatic heterocycles. The normalized spacial score (nSPS) is 23.4. The molecule has 1 amide bonds. The van der Waals surface area contributed by atoms with E-state index in [2.05, 4.69) is 6.92 Å². The summed E-state index contributed by atoms with van der Waals surface area (Å²) in [5, 5.41) is 9.87. The second-order valence-corrected chi connectivity index (χ2v) is 5.51. The van der Waals surface area contributed by atoms with Crippen LogP contribution in [0.25, 0.3) is 0 Å². The van der Waals surface area contributed by atoms with Gasteiger partial charge in [-0.15, -0.1) is 0 Å². The summed E-state index contributed by atoms with van der Waals surface area (Å²) in [5.41, 5.74) is 7.08. The first-order chi connectivity index (χ1) is 9.02. The predicted molar refractivity (Wildman–Crippen MR) is 75.1 cm³/mol. The molecular formula is C15H22N2O2. The van der Waals surface area contributed by atoms with Gasteiger partial charge < -0.3 is 15.7 Å². The van der Waals surface area contributed by atoms with Gasteiger partial charge in [-0.3, -0.25) is 4.79 Å². The molecule has 1 aromatic carbocycles. The van der Waals surface area contributed by atoms with Crippen molar-refractivity contribution in [3.8, 4) is 5.75 Å². The molecule has 104 valence electrons. The molecule has 0 saturated carbocycles. The van der Waals surface area contributed by atoms with E-state index in [0.717, 1.165) is 18.4 Å². The number of aromatic hydroxyl groups is 1. The van der Waals surface area contributed by atoms with Crippen molar-refractivity contribution in [2.45, 2.75) is 32.7 Å². The molecule has 1 fully saturated rings. The van der Waals surface area contributed by atoms with Gasteiger partial charge in [0.1, 0.15) is 5.75 Å². The zero-order chi connectivity index (χ0) is 14.0. The molecule has 0 aliphatic carbocycles. The van der Waals surface area contributed by atoms with E-state index < -0.39 is 0 Å². The Morgan fingerprint density at radius 2 is 2.21 bits per heavy atom. The maximum absolute atomic E-state index is 12.6. The van der Waals surface area contributed by atoms with Gasteiger partial charge in [-0.05, 0) is 51.3 Å². The molecular weight excluding hydrogens is 240 g/mol. The Labute approximate surface area is 114 Å². The van der Waals surface area contributed by atoms with Crippen LogP contribution in [0, 0.1) is 12.8 Å². The van der Waals surface area contributed by atoms with Gasteiger partial charge in [-0.25, -0.2) is 0 Å². The number of rotatable bonds is 2. The maximum Gasteiger partial charge on any atom is 0.257 e. The lowest BCUT2D eigenvalue weighted by Crippen LogP contribution is -2.47. The van der Waals surface area contributed by atoms with Crippen LogP contribution in [-0.4, -0.2) is 35.0 Å². The SMILES string of the molecule is Cc1ccc(O)c(C(=O)N2CC(CN)CCC2C)c1. The number of phenolic OH excluding ortho intramolecular Hbond substituents is 1. The van der Waals surface area contributed by atoms with E-state index in [1.807, 2.05) is 11.8 Å². The first kappa shape index (κ1) is 13.9.